The molecule has 0 heterocycles. The average molecular weight is 394 g/mol. The highest BCUT2D eigenvalue weighted by Crippen LogP contribution is 2.18. The first-order valence-corrected chi connectivity index (χ1v) is 10.1. The van der Waals surface area contributed by atoms with Crippen LogP contribution in [0.25, 0.3) is 0 Å². The Hall–Kier alpha value is -2.45. The molecule has 0 saturated carbocycles. The first-order valence-electron chi connectivity index (χ1n) is 8.66. The van der Waals surface area contributed by atoms with Gasteiger partial charge in [0.2, 0.25) is 0 Å². The third kappa shape index (κ3) is 5.77. The second-order valence-corrected chi connectivity index (χ2v) is 7.69. The fourth-order valence-electron chi connectivity index (χ4n) is 2.50. The van der Waals surface area contributed by atoms with Gasteiger partial charge in [-0.05, 0) is 48.9 Å². The van der Waals surface area contributed by atoms with Gasteiger partial charge in [-0.2, -0.15) is 0 Å². The number of hydrogen-bond acceptors (Lipinski definition) is 4. The number of nitrogens with zero attached hydrogens (tertiary/aromatic N) is 1. The van der Waals surface area contributed by atoms with E-state index in [-0.39, 0.29) is 35.2 Å². The minimum Gasteiger partial charge on any atom is -0.395 e. The number of sulfonamides is 1. The molecule has 6 nitrogen and oxygen atoms in total. The summed E-state index contributed by atoms with van der Waals surface area (Å²) in [6.45, 7) is 2.50. The van der Waals surface area contributed by atoms with Crippen molar-refractivity contribution in [3.8, 4) is 0 Å². The summed E-state index contributed by atoms with van der Waals surface area (Å²) in [5.74, 6) is -0.807. The monoisotopic (exact) mass is 394 g/mol. The molecule has 0 saturated heterocycles. The van der Waals surface area contributed by atoms with E-state index in [1.54, 1.807) is 0 Å². The van der Waals surface area contributed by atoms with E-state index in [4.69, 9.17) is 0 Å². The van der Waals surface area contributed by atoms with Crippen molar-refractivity contribution < 1.29 is 22.7 Å². The Morgan fingerprint density at radius 3 is 2.48 bits per heavy atom. The van der Waals surface area contributed by atoms with Gasteiger partial charge in [0, 0.05) is 24.3 Å². The van der Waals surface area contributed by atoms with Gasteiger partial charge in [-0.25, -0.2) is 12.8 Å². The third-order valence-corrected chi connectivity index (χ3v) is 5.31. The molecule has 0 aromatic heterocycles. The van der Waals surface area contributed by atoms with Crippen molar-refractivity contribution in [1.29, 1.82) is 0 Å². The SMILES string of the molecule is CCCCN(CCO)C(=O)c1cccc(S(=O)(=O)Nc2ccc(F)cc2)c1. The highest BCUT2D eigenvalue weighted by molar-refractivity contribution is 7.92. The minimum atomic E-state index is -3.93. The highest BCUT2D eigenvalue weighted by Gasteiger charge is 2.19. The van der Waals surface area contributed by atoms with E-state index in [1.807, 2.05) is 6.92 Å². The summed E-state index contributed by atoms with van der Waals surface area (Å²) in [4.78, 5) is 14.1. The molecule has 0 unspecified atom stereocenters. The van der Waals surface area contributed by atoms with E-state index in [0.29, 0.717) is 6.54 Å². The van der Waals surface area contributed by atoms with Crippen LogP contribution in [0.2, 0.25) is 0 Å². The van der Waals surface area contributed by atoms with Crippen molar-refractivity contribution in [1.82, 2.24) is 4.90 Å². The largest absolute Gasteiger partial charge is 0.395 e. The number of unbranched alkanes of at least 4 members (excludes halogenated alkanes) is 1. The molecule has 0 aliphatic heterocycles. The third-order valence-electron chi connectivity index (χ3n) is 3.93. The van der Waals surface area contributed by atoms with E-state index in [1.165, 1.54) is 41.3 Å². The van der Waals surface area contributed by atoms with Gasteiger partial charge in [-0.1, -0.05) is 19.4 Å². The summed E-state index contributed by atoms with van der Waals surface area (Å²) in [7, 11) is -3.93. The smallest absolute Gasteiger partial charge is 0.261 e. The zero-order valence-corrected chi connectivity index (χ0v) is 15.9. The first kappa shape index (κ1) is 20.9. The van der Waals surface area contributed by atoms with Gasteiger partial charge in [0.1, 0.15) is 5.82 Å². The molecule has 146 valence electrons. The number of rotatable bonds is 9. The molecule has 2 aromatic carbocycles. The Balaban J connectivity index is 2.24. The molecule has 0 spiro atoms. The molecule has 0 aliphatic rings. The quantitative estimate of drug-likeness (QED) is 0.685. The average Bonchev–Trinajstić information content (AvgIpc) is 2.66. The molecule has 0 bridgehead atoms. The molecule has 2 aromatic rings. The Morgan fingerprint density at radius 1 is 1.15 bits per heavy atom. The molecule has 8 heteroatoms. The zero-order chi connectivity index (χ0) is 19.9. The molecule has 0 atom stereocenters. The van der Waals surface area contributed by atoms with Crippen LogP contribution in [-0.4, -0.2) is 44.0 Å². The summed E-state index contributed by atoms with van der Waals surface area (Å²) in [6, 6.07) is 10.6. The number of nitrogens with one attached hydrogen (secondary N) is 1. The maximum atomic E-state index is 13.0. The van der Waals surface area contributed by atoms with Crippen molar-refractivity contribution >= 4 is 21.6 Å². The zero-order valence-electron chi connectivity index (χ0n) is 15.1. The lowest BCUT2D eigenvalue weighted by Gasteiger charge is -2.22. The van der Waals surface area contributed by atoms with Crippen molar-refractivity contribution in [3.05, 3.63) is 59.9 Å². The van der Waals surface area contributed by atoms with E-state index >= 15 is 0 Å². The summed E-state index contributed by atoms with van der Waals surface area (Å²) >= 11 is 0. The van der Waals surface area contributed by atoms with E-state index in [2.05, 4.69) is 4.72 Å². The van der Waals surface area contributed by atoms with E-state index in [9.17, 15) is 22.7 Å². The summed E-state index contributed by atoms with van der Waals surface area (Å²) < 4.78 is 40.4. The lowest BCUT2D eigenvalue weighted by atomic mass is 10.2. The number of aliphatic hydroxyl groups is 1. The van der Waals surface area contributed by atoms with Gasteiger partial charge in [0.15, 0.2) is 0 Å². The second-order valence-electron chi connectivity index (χ2n) is 6.01. The van der Waals surface area contributed by atoms with E-state index in [0.717, 1.165) is 25.0 Å². The topological polar surface area (TPSA) is 86.7 Å². The lowest BCUT2D eigenvalue weighted by Crippen LogP contribution is -2.34. The van der Waals surface area contributed by atoms with Crippen LogP contribution in [0, 0.1) is 5.82 Å². The molecule has 27 heavy (non-hydrogen) atoms. The highest BCUT2D eigenvalue weighted by atomic mass is 32.2. The molecule has 0 aliphatic carbocycles. The number of amides is 1. The Kier molecular flexibility index (Phi) is 7.32. The van der Waals surface area contributed by atoms with Gasteiger partial charge in [0.05, 0.1) is 11.5 Å². The van der Waals surface area contributed by atoms with Crippen LogP contribution in [0.1, 0.15) is 30.1 Å². The fraction of sp³-hybridized carbons (Fsp3) is 0.316. The molecular weight excluding hydrogens is 371 g/mol. The normalized spacial score (nSPS) is 11.2. The molecule has 0 fully saturated rings. The van der Waals surface area contributed by atoms with Crippen molar-refractivity contribution in [3.63, 3.8) is 0 Å². The number of carbonyl (C=O) groups excluding carboxylic acids is 1. The van der Waals surface area contributed by atoms with Gasteiger partial charge < -0.3 is 10.0 Å². The number of hydrogen-bond donors (Lipinski definition) is 2. The molecule has 2 rings (SSSR count). The molecule has 1 amide bonds. The summed E-state index contributed by atoms with van der Waals surface area (Å²) in [6.07, 6.45) is 1.68. The van der Waals surface area contributed by atoms with Gasteiger partial charge in [-0.3, -0.25) is 9.52 Å². The molecule has 0 radical (unpaired) electrons. The van der Waals surface area contributed by atoms with E-state index < -0.39 is 15.8 Å². The second kappa shape index (κ2) is 9.48. The van der Waals surface area contributed by atoms with Gasteiger partial charge in [0.25, 0.3) is 15.9 Å². The number of halogens is 1. The van der Waals surface area contributed by atoms with Crippen molar-refractivity contribution in [2.45, 2.75) is 24.7 Å². The Labute approximate surface area is 158 Å². The number of anilines is 1. The van der Waals surface area contributed by atoms with Crippen LogP contribution >= 0.6 is 0 Å². The Morgan fingerprint density at radius 2 is 1.85 bits per heavy atom. The van der Waals surface area contributed by atoms with Gasteiger partial charge in [-0.15, -0.1) is 0 Å². The van der Waals surface area contributed by atoms with Crippen LogP contribution < -0.4 is 4.72 Å². The maximum absolute atomic E-state index is 13.0. The summed E-state index contributed by atoms with van der Waals surface area (Å²) in [5.41, 5.74) is 0.444. The predicted molar refractivity (Wildman–Crippen MR) is 102 cm³/mol. The van der Waals surface area contributed by atoms with Crippen molar-refractivity contribution in [2.24, 2.45) is 0 Å². The Bertz CT molecular complexity index is 870. The van der Waals surface area contributed by atoms with Crippen LogP contribution in [0.15, 0.2) is 53.4 Å². The molecular formula is C19H23FN2O4S. The van der Waals surface area contributed by atoms with Gasteiger partial charge >= 0.3 is 0 Å². The minimum absolute atomic E-state index is 0.0721. The van der Waals surface area contributed by atoms with Crippen LogP contribution in [0.5, 0.6) is 0 Å². The van der Waals surface area contributed by atoms with Crippen LogP contribution in [0.3, 0.4) is 0 Å². The molecule has 2 N–H and O–H groups in total. The van der Waals surface area contributed by atoms with Crippen LogP contribution in [-0.2, 0) is 10.0 Å². The maximum Gasteiger partial charge on any atom is 0.261 e. The van der Waals surface area contributed by atoms with Crippen LogP contribution in [0.4, 0.5) is 10.1 Å². The summed E-state index contributed by atoms with van der Waals surface area (Å²) in [5, 5.41) is 9.17. The van der Waals surface area contributed by atoms with Crippen molar-refractivity contribution in [2.75, 3.05) is 24.4 Å². The standard InChI is InChI=1S/C19H23FN2O4S/c1-2-3-11-22(12-13-23)19(24)15-5-4-6-18(14-15)27(25,26)21-17-9-7-16(20)8-10-17/h4-10,14,21,23H,2-3,11-13H2,1H3. The predicted octanol–water partition coefficient (Wildman–Crippen LogP) is 2.86. The fourth-order valence-corrected chi connectivity index (χ4v) is 3.60. The number of benzene rings is 2. The number of carbonyl (C=O) groups is 1. The first-order chi connectivity index (χ1) is 12.9. The lowest BCUT2D eigenvalue weighted by molar-refractivity contribution is 0.0719. The number of aliphatic hydroxyl groups excluding tert-OH is 1.